The summed E-state index contributed by atoms with van der Waals surface area (Å²) in [6, 6.07) is 18.9. The molecule has 0 aliphatic rings. The van der Waals surface area contributed by atoms with Gasteiger partial charge in [0.05, 0.1) is 30.3 Å². The van der Waals surface area contributed by atoms with E-state index in [1.54, 1.807) is 42.5 Å². The van der Waals surface area contributed by atoms with E-state index in [1.165, 1.54) is 0 Å². The molecule has 0 radical (unpaired) electrons. The van der Waals surface area contributed by atoms with Gasteiger partial charge in [-0.3, -0.25) is 4.79 Å². The lowest BCUT2D eigenvalue weighted by molar-refractivity contribution is 0.340. The molecule has 0 spiro atoms. The average molecular weight is 500 g/mol. The van der Waals surface area contributed by atoms with E-state index in [0.717, 1.165) is 44.6 Å². The van der Waals surface area contributed by atoms with E-state index >= 15 is 0 Å². The average Bonchev–Trinajstić information content (AvgIpc) is 3.32. The van der Waals surface area contributed by atoms with Crippen molar-refractivity contribution in [1.29, 1.82) is 0 Å². The Morgan fingerprint density at radius 3 is 2.53 bits per heavy atom. The first kappa shape index (κ1) is 23.8. The first-order chi connectivity index (χ1) is 17.3. The fourth-order valence-electron chi connectivity index (χ4n) is 4.67. The molecule has 182 valence electrons. The van der Waals surface area contributed by atoms with Crippen LogP contribution in [0.3, 0.4) is 0 Å². The van der Waals surface area contributed by atoms with Crippen molar-refractivity contribution in [3.63, 3.8) is 0 Å². The van der Waals surface area contributed by atoms with Crippen LogP contribution >= 0.6 is 11.6 Å². The lowest BCUT2D eigenvalue weighted by Gasteiger charge is -2.31. The third kappa shape index (κ3) is 3.96. The van der Waals surface area contributed by atoms with Crippen LogP contribution in [0.5, 0.6) is 5.75 Å². The molecule has 0 aliphatic heterocycles. The molecular weight excluding hydrogens is 474 g/mol. The molecule has 2 aromatic carbocycles. The van der Waals surface area contributed by atoms with Crippen LogP contribution in [0.2, 0.25) is 5.15 Å². The maximum atomic E-state index is 12.9. The van der Waals surface area contributed by atoms with Crippen LogP contribution in [0, 0.1) is 0 Å². The van der Waals surface area contributed by atoms with Crippen molar-refractivity contribution >= 4 is 22.5 Å². The Labute approximate surface area is 213 Å². The third-order valence-corrected chi connectivity index (χ3v) is 6.78. The number of hydrogen-bond acceptors (Lipinski definition) is 5. The molecule has 0 saturated heterocycles. The van der Waals surface area contributed by atoms with Gasteiger partial charge in [0.1, 0.15) is 16.4 Å². The first-order valence-electron chi connectivity index (χ1n) is 11.6. The molecule has 0 bridgehead atoms. The van der Waals surface area contributed by atoms with Crippen molar-refractivity contribution in [2.75, 3.05) is 6.61 Å². The highest BCUT2D eigenvalue weighted by molar-refractivity contribution is 6.29. The summed E-state index contributed by atoms with van der Waals surface area (Å²) in [5.41, 5.74) is 10.9. The minimum absolute atomic E-state index is 0.0976. The summed E-state index contributed by atoms with van der Waals surface area (Å²) in [4.78, 5) is 21.5. The zero-order chi connectivity index (χ0) is 25.4. The first-order valence-corrected chi connectivity index (χ1v) is 12.0. The zero-order valence-electron chi connectivity index (χ0n) is 20.3. The van der Waals surface area contributed by atoms with E-state index in [1.807, 2.05) is 67.1 Å². The monoisotopic (exact) mass is 499 g/mol. The second kappa shape index (κ2) is 9.26. The topological polar surface area (TPSA) is 88.0 Å². The highest BCUT2D eigenvalue weighted by Crippen LogP contribution is 2.37. The van der Waals surface area contributed by atoms with Gasteiger partial charge in [0.25, 0.3) is 5.56 Å². The van der Waals surface area contributed by atoms with Gasteiger partial charge in [-0.1, -0.05) is 35.9 Å². The summed E-state index contributed by atoms with van der Waals surface area (Å²) in [7, 11) is 3.67. The largest absolute Gasteiger partial charge is 0.494 e. The van der Waals surface area contributed by atoms with Crippen LogP contribution in [0.4, 0.5) is 0 Å². The Morgan fingerprint density at radius 2 is 1.83 bits per heavy atom. The molecule has 5 rings (SSSR count). The van der Waals surface area contributed by atoms with Crippen LogP contribution in [0.1, 0.15) is 23.7 Å². The molecule has 0 amide bonds. The van der Waals surface area contributed by atoms with Gasteiger partial charge in [-0.2, -0.15) is 0 Å². The SMILES string of the molecule is CCOc1cccc(-c2cc(=O)n(C)c3ccc(C(N)(c4ccc(Cl)nc4)c4cncn4C)cc23)c1. The molecule has 0 aliphatic carbocycles. The minimum atomic E-state index is -1.07. The smallest absolute Gasteiger partial charge is 0.251 e. The molecule has 3 aromatic heterocycles. The number of benzene rings is 2. The van der Waals surface area contributed by atoms with Gasteiger partial charge >= 0.3 is 0 Å². The Morgan fingerprint density at radius 1 is 1.03 bits per heavy atom. The fourth-order valence-corrected chi connectivity index (χ4v) is 4.79. The predicted molar refractivity (Wildman–Crippen MR) is 142 cm³/mol. The highest BCUT2D eigenvalue weighted by Gasteiger charge is 2.35. The predicted octanol–water partition coefficient (Wildman–Crippen LogP) is 4.64. The van der Waals surface area contributed by atoms with Crippen LogP contribution in [-0.4, -0.2) is 25.7 Å². The van der Waals surface area contributed by atoms with Gasteiger partial charge in [0.2, 0.25) is 0 Å². The summed E-state index contributed by atoms with van der Waals surface area (Å²) in [5, 5.41) is 1.28. The molecule has 8 heteroatoms. The molecule has 2 N–H and O–H groups in total. The third-order valence-electron chi connectivity index (χ3n) is 6.56. The van der Waals surface area contributed by atoms with E-state index in [9.17, 15) is 4.79 Å². The number of rotatable bonds is 6. The van der Waals surface area contributed by atoms with Crippen LogP contribution in [0.15, 0.2) is 84.2 Å². The minimum Gasteiger partial charge on any atom is -0.494 e. The summed E-state index contributed by atoms with van der Waals surface area (Å²) < 4.78 is 9.25. The number of fused-ring (bicyclic) bond motifs is 1. The molecular formula is C28H26ClN5O2. The molecule has 7 nitrogen and oxygen atoms in total. The van der Waals surface area contributed by atoms with E-state index < -0.39 is 5.54 Å². The van der Waals surface area contributed by atoms with Crippen molar-refractivity contribution in [1.82, 2.24) is 19.1 Å². The van der Waals surface area contributed by atoms with Crippen LogP contribution in [-0.2, 0) is 19.6 Å². The Bertz CT molecular complexity index is 1620. The van der Waals surface area contributed by atoms with Gasteiger partial charge in [0.15, 0.2) is 0 Å². The van der Waals surface area contributed by atoms with Gasteiger partial charge < -0.3 is 19.6 Å². The lowest BCUT2D eigenvalue weighted by atomic mass is 9.81. The summed E-state index contributed by atoms with van der Waals surface area (Å²) in [6.07, 6.45) is 5.16. The summed E-state index contributed by atoms with van der Waals surface area (Å²) >= 11 is 6.09. The number of ether oxygens (including phenoxy) is 1. The number of nitrogens with two attached hydrogens (primary N) is 1. The van der Waals surface area contributed by atoms with Crippen molar-refractivity contribution in [3.05, 3.63) is 112 Å². The maximum absolute atomic E-state index is 12.9. The van der Waals surface area contributed by atoms with Crippen molar-refractivity contribution in [3.8, 4) is 16.9 Å². The van der Waals surface area contributed by atoms with Crippen molar-refractivity contribution < 1.29 is 4.74 Å². The molecule has 1 unspecified atom stereocenters. The number of aryl methyl sites for hydroxylation is 2. The van der Waals surface area contributed by atoms with E-state index in [0.29, 0.717) is 11.8 Å². The molecule has 36 heavy (non-hydrogen) atoms. The second-order valence-corrected chi connectivity index (χ2v) is 9.10. The van der Waals surface area contributed by atoms with E-state index in [-0.39, 0.29) is 5.56 Å². The molecule has 0 fully saturated rings. The number of imidazole rings is 1. The molecule has 3 heterocycles. The normalized spacial score (nSPS) is 13.0. The number of nitrogens with zero attached hydrogens (tertiary/aromatic N) is 4. The second-order valence-electron chi connectivity index (χ2n) is 8.72. The van der Waals surface area contributed by atoms with Gasteiger partial charge in [-0.25, -0.2) is 9.97 Å². The summed E-state index contributed by atoms with van der Waals surface area (Å²) in [6.45, 7) is 2.50. The van der Waals surface area contributed by atoms with Crippen LogP contribution in [0.25, 0.3) is 22.0 Å². The van der Waals surface area contributed by atoms with Gasteiger partial charge in [0, 0.05) is 37.3 Å². The number of halogens is 1. The van der Waals surface area contributed by atoms with Crippen LogP contribution < -0.4 is 16.0 Å². The van der Waals surface area contributed by atoms with E-state index in [4.69, 9.17) is 22.1 Å². The zero-order valence-corrected chi connectivity index (χ0v) is 21.0. The Balaban J connectivity index is 1.80. The number of aromatic nitrogens is 4. The van der Waals surface area contributed by atoms with Crippen molar-refractivity contribution in [2.45, 2.75) is 12.5 Å². The quantitative estimate of drug-likeness (QED) is 0.344. The highest BCUT2D eigenvalue weighted by atomic mass is 35.5. The standard InChI is InChI=1S/C28H26ClN5O2/c1-4-36-21-7-5-6-18(12-21)22-14-27(35)34(3)24-10-8-19(13-23(22)24)28(30,25-16-31-17-33(25)2)20-9-11-26(29)32-15-20/h5-17H,4,30H2,1-3H3. The Kier molecular flexibility index (Phi) is 6.12. The Hall–Kier alpha value is -3.94. The number of hydrogen-bond donors (Lipinski definition) is 1. The lowest BCUT2D eigenvalue weighted by Crippen LogP contribution is -2.41. The molecule has 0 saturated carbocycles. The summed E-state index contributed by atoms with van der Waals surface area (Å²) in [5.74, 6) is 0.746. The molecule has 5 aromatic rings. The molecule has 1 atom stereocenters. The van der Waals surface area contributed by atoms with Gasteiger partial charge in [-0.15, -0.1) is 0 Å². The van der Waals surface area contributed by atoms with Crippen molar-refractivity contribution in [2.24, 2.45) is 19.8 Å². The number of pyridine rings is 2. The maximum Gasteiger partial charge on any atom is 0.251 e. The fraction of sp³-hybridized carbons (Fsp3) is 0.179. The van der Waals surface area contributed by atoms with Gasteiger partial charge in [-0.05, 0) is 53.9 Å². The van der Waals surface area contributed by atoms with E-state index in [2.05, 4.69) is 9.97 Å².